The average Bonchev–Trinajstić information content (AvgIpc) is 3.13. The first-order valence-corrected chi connectivity index (χ1v) is 11.1. The Morgan fingerprint density at radius 2 is 1.91 bits per heavy atom. The second-order valence-electron chi connectivity index (χ2n) is 8.38. The van der Waals surface area contributed by atoms with Crippen LogP contribution in [-0.4, -0.2) is 49.2 Å². The van der Waals surface area contributed by atoms with Crippen LogP contribution < -0.4 is 14.4 Å². The predicted octanol–water partition coefficient (Wildman–Crippen LogP) is 4.76. The van der Waals surface area contributed by atoms with Crippen LogP contribution in [-0.2, 0) is 11.8 Å². The highest BCUT2D eigenvalue weighted by molar-refractivity contribution is 5.67. The summed E-state index contributed by atoms with van der Waals surface area (Å²) in [7, 11) is 1.59. The molecule has 1 aliphatic heterocycles. The maximum atomic E-state index is 13.2. The van der Waals surface area contributed by atoms with E-state index in [0.717, 1.165) is 16.7 Å². The molecule has 0 bridgehead atoms. The summed E-state index contributed by atoms with van der Waals surface area (Å²) in [5, 5.41) is 9.87. The number of aliphatic hydroxyl groups excluding tert-OH is 1. The van der Waals surface area contributed by atoms with Crippen molar-refractivity contribution in [3.63, 3.8) is 0 Å². The molecule has 34 heavy (non-hydrogen) atoms. The number of nitrogens with zero attached hydrogens (tertiary/aromatic N) is 2. The van der Waals surface area contributed by atoms with Gasteiger partial charge < -0.3 is 19.5 Å². The first-order chi connectivity index (χ1) is 16.3. The lowest BCUT2D eigenvalue weighted by Crippen LogP contribution is -2.44. The van der Waals surface area contributed by atoms with E-state index in [1.807, 2.05) is 55.5 Å². The van der Waals surface area contributed by atoms with Crippen LogP contribution in [0.15, 0.2) is 66.9 Å². The van der Waals surface area contributed by atoms with Gasteiger partial charge in [-0.3, -0.25) is 0 Å². The molecular weight excluding hydrogens is 445 g/mol. The SMILES string of the molecule is CCOc1cc(C2(Cc3cccc(OC)c3)CN(C[C@@H](O)C(F)(F)F)c3ccccc32)ccn1. The predicted molar refractivity (Wildman–Crippen MR) is 124 cm³/mol. The zero-order valence-corrected chi connectivity index (χ0v) is 19.0. The van der Waals surface area contributed by atoms with Crippen molar-refractivity contribution >= 4 is 5.69 Å². The van der Waals surface area contributed by atoms with Crippen molar-refractivity contribution in [2.75, 3.05) is 31.7 Å². The van der Waals surface area contributed by atoms with Crippen molar-refractivity contribution < 1.29 is 27.8 Å². The van der Waals surface area contributed by atoms with Gasteiger partial charge in [0.15, 0.2) is 6.10 Å². The zero-order valence-electron chi connectivity index (χ0n) is 19.0. The highest BCUT2D eigenvalue weighted by Crippen LogP contribution is 2.48. The van der Waals surface area contributed by atoms with E-state index in [1.165, 1.54) is 0 Å². The fraction of sp³-hybridized carbons (Fsp3) is 0.346. The molecule has 2 aromatic carbocycles. The third-order valence-corrected chi connectivity index (χ3v) is 6.21. The zero-order chi connectivity index (χ0) is 24.3. The van der Waals surface area contributed by atoms with Crippen molar-refractivity contribution in [3.05, 3.63) is 83.6 Å². The van der Waals surface area contributed by atoms with E-state index in [9.17, 15) is 18.3 Å². The van der Waals surface area contributed by atoms with Gasteiger partial charge in [-0.15, -0.1) is 0 Å². The van der Waals surface area contributed by atoms with Gasteiger partial charge in [-0.25, -0.2) is 4.98 Å². The largest absolute Gasteiger partial charge is 0.497 e. The summed E-state index contributed by atoms with van der Waals surface area (Å²) in [6, 6.07) is 18.8. The molecule has 1 unspecified atom stereocenters. The minimum absolute atomic E-state index is 0.256. The Balaban J connectivity index is 1.84. The third kappa shape index (κ3) is 4.68. The number of fused-ring (bicyclic) bond motifs is 1. The van der Waals surface area contributed by atoms with Crippen LogP contribution in [0, 0.1) is 0 Å². The Bertz CT molecular complexity index is 1140. The lowest BCUT2D eigenvalue weighted by Gasteiger charge is -2.33. The number of methoxy groups -OCH3 is 1. The number of β-amino-alcohol motifs (C(OH)–C–C–N with tert-alkyl or cyclic N) is 1. The number of aromatic nitrogens is 1. The quantitative estimate of drug-likeness (QED) is 0.512. The van der Waals surface area contributed by atoms with Crippen LogP contribution in [0.5, 0.6) is 11.6 Å². The molecule has 8 heteroatoms. The van der Waals surface area contributed by atoms with Crippen molar-refractivity contribution in [3.8, 4) is 11.6 Å². The third-order valence-electron chi connectivity index (χ3n) is 6.21. The minimum atomic E-state index is -4.70. The second kappa shape index (κ2) is 9.54. The molecule has 180 valence electrons. The van der Waals surface area contributed by atoms with E-state index in [4.69, 9.17) is 9.47 Å². The fourth-order valence-corrected chi connectivity index (χ4v) is 4.69. The Labute approximate surface area is 196 Å². The summed E-state index contributed by atoms with van der Waals surface area (Å²) >= 11 is 0. The maximum absolute atomic E-state index is 13.2. The van der Waals surface area contributed by atoms with Gasteiger partial charge in [-0.1, -0.05) is 30.3 Å². The maximum Gasteiger partial charge on any atom is 0.416 e. The fourth-order valence-electron chi connectivity index (χ4n) is 4.69. The van der Waals surface area contributed by atoms with Crippen LogP contribution in [0.4, 0.5) is 18.9 Å². The summed E-state index contributed by atoms with van der Waals surface area (Å²) in [6.45, 7) is 2.02. The van der Waals surface area contributed by atoms with E-state index >= 15 is 0 Å². The van der Waals surface area contributed by atoms with Crippen LogP contribution >= 0.6 is 0 Å². The van der Waals surface area contributed by atoms with E-state index < -0.39 is 24.2 Å². The molecule has 1 aromatic heterocycles. The number of halogens is 3. The lowest BCUT2D eigenvalue weighted by molar-refractivity contribution is -0.200. The highest BCUT2D eigenvalue weighted by atomic mass is 19.4. The number of hydrogen-bond donors (Lipinski definition) is 1. The monoisotopic (exact) mass is 472 g/mol. The highest BCUT2D eigenvalue weighted by Gasteiger charge is 2.47. The van der Waals surface area contributed by atoms with Crippen LogP contribution in [0.1, 0.15) is 23.6 Å². The summed E-state index contributed by atoms with van der Waals surface area (Å²) in [5.74, 6) is 1.16. The van der Waals surface area contributed by atoms with E-state index in [0.29, 0.717) is 30.3 Å². The molecule has 1 aliphatic rings. The van der Waals surface area contributed by atoms with Gasteiger partial charge in [0.25, 0.3) is 0 Å². The number of alkyl halides is 3. The van der Waals surface area contributed by atoms with Gasteiger partial charge >= 0.3 is 6.18 Å². The Morgan fingerprint density at radius 3 is 2.65 bits per heavy atom. The van der Waals surface area contributed by atoms with Crippen LogP contribution in [0.25, 0.3) is 0 Å². The Hall–Kier alpha value is -3.26. The molecule has 0 spiro atoms. The van der Waals surface area contributed by atoms with Crippen molar-refractivity contribution in [1.29, 1.82) is 0 Å². The Morgan fingerprint density at radius 1 is 1.12 bits per heavy atom. The van der Waals surface area contributed by atoms with Crippen LogP contribution in [0.2, 0.25) is 0 Å². The number of ether oxygens (including phenoxy) is 2. The van der Waals surface area contributed by atoms with Gasteiger partial charge in [0.1, 0.15) is 5.75 Å². The van der Waals surface area contributed by atoms with Crippen molar-refractivity contribution in [1.82, 2.24) is 4.98 Å². The summed E-state index contributed by atoms with van der Waals surface area (Å²) in [4.78, 5) is 5.90. The standard InChI is InChI=1S/C26H27F3N2O3/c1-3-34-24-14-19(11-12-30-24)25(15-18-7-6-8-20(13-18)33-2)17-31(16-23(32)26(27,28)29)22-10-5-4-9-21(22)25/h4-14,23,32H,3,15-17H2,1-2H3/t23-,25?/m1/s1. The van der Waals surface area contributed by atoms with Gasteiger partial charge in [0.2, 0.25) is 5.88 Å². The first kappa shape index (κ1) is 23.9. The molecule has 0 aliphatic carbocycles. The van der Waals surface area contributed by atoms with Gasteiger partial charge in [0.05, 0.1) is 20.3 Å². The summed E-state index contributed by atoms with van der Waals surface area (Å²) in [5.41, 5.74) is 2.72. The molecule has 0 saturated carbocycles. The number of benzene rings is 2. The first-order valence-electron chi connectivity index (χ1n) is 11.1. The van der Waals surface area contributed by atoms with Crippen molar-refractivity contribution in [2.45, 2.75) is 31.0 Å². The lowest BCUT2D eigenvalue weighted by atomic mass is 9.72. The summed E-state index contributed by atoms with van der Waals surface area (Å²) < 4.78 is 50.8. The number of pyridine rings is 1. The minimum Gasteiger partial charge on any atom is -0.497 e. The Kier molecular flexibility index (Phi) is 6.70. The molecule has 0 saturated heterocycles. The van der Waals surface area contributed by atoms with E-state index in [2.05, 4.69) is 4.98 Å². The van der Waals surface area contributed by atoms with Crippen molar-refractivity contribution in [2.24, 2.45) is 0 Å². The number of aliphatic hydroxyl groups is 1. The molecular formula is C26H27F3N2O3. The normalized spacial score (nSPS) is 18.5. The second-order valence-corrected chi connectivity index (χ2v) is 8.38. The molecule has 0 amide bonds. The molecule has 5 nitrogen and oxygen atoms in total. The molecule has 0 radical (unpaired) electrons. The molecule has 3 aromatic rings. The topological polar surface area (TPSA) is 54.8 Å². The molecule has 2 heterocycles. The molecule has 1 N–H and O–H groups in total. The molecule has 4 rings (SSSR count). The summed E-state index contributed by atoms with van der Waals surface area (Å²) in [6.07, 6.45) is -4.99. The molecule has 2 atom stereocenters. The number of para-hydroxylation sites is 1. The average molecular weight is 473 g/mol. The van der Waals surface area contributed by atoms with E-state index in [1.54, 1.807) is 30.3 Å². The van der Waals surface area contributed by atoms with Gasteiger partial charge in [-0.2, -0.15) is 13.2 Å². The van der Waals surface area contributed by atoms with Gasteiger partial charge in [0, 0.05) is 29.9 Å². The van der Waals surface area contributed by atoms with E-state index in [-0.39, 0.29) is 6.54 Å². The smallest absolute Gasteiger partial charge is 0.416 e. The van der Waals surface area contributed by atoms with Gasteiger partial charge in [-0.05, 0) is 54.3 Å². The van der Waals surface area contributed by atoms with Crippen LogP contribution in [0.3, 0.4) is 0 Å². The number of rotatable bonds is 8. The molecule has 0 fully saturated rings. The number of anilines is 1. The number of hydrogen-bond acceptors (Lipinski definition) is 5.